The van der Waals surface area contributed by atoms with Crippen LogP contribution in [0.3, 0.4) is 0 Å². The second-order valence-electron chi connectivity index (χ2n) is 4.03. The van der Waals surface area contributed by atoms with Crippen LogP contribution in [0.2, 0.25) is 0 Å². The van der Waals surface area contributed by atoms with Crippen molar-refractivity contribution in [2.45, 2.75) is 25.7 Å². The van der Waals surface area contributed by atoms with Crippen molar-refractivity contribution in [3.8, 4) is 0 Å². The van der Waals surface area contributed by atoms with Crippen molar-refractivity contribution in [1.82, 2.24) is 15.3 Å². The van der Waals surface area contributed by atoms with E-state index in [0.717, 1.165) is 31.6 Å². The van der Waals surface area contributed by atoms with Gasteiger partial charge in [-0.15, -0.1) is 0 Å². The standard InChI is InChI=1S/C11H16N4O/c1-8(16)15-11-6-10(13-7-14-11)9-2-4-12-5-3-9/h6-7,9,12H,2-5H2,1H3,(H,13,14,15,16). The van der Waals surface area contributed by atoms with Crippen molar-refractivity contribution >= 4 is 11.7 Å². The highest BCUT2D eigenvalue weighted by atomic mass is 16.1. The molecule has 1 aromatic rings. The van der Waals surface area contributed by atoms with Crippen LogP contribution in [0.15, 0.2) is 12.4 Å². The van der Waals surface area contributed by atoms with Gasteiger partial charge in [-0.3, -0.25) is 4.79 Å². The van der Waals surface area contributed by atoms with Crippen LogP contribution in [0.5, 0.6) is 0 Å². The van der Waals surface area contributed by atoms with E-state index in [4.69, 9.17) is 0 Å². The number of aromatic nitrogens is 2. The molecule has 16 heavy (non-hydrogen) atoms. The Balaban J connectivity index is 2.11. The van der Waals surface area contributed by atoms with Crippen molar-refractivity contribution in [2.24, 2.45) is 0 Å². The van der Waals surface area contributed by atoms with Crippen LogP contribution >= 0.6 is 0 Å². The predicted octanol–water partition coefficient (Wildman–Crippen LogP) is 0.902. The van der Waals surface area contributed by atoms with E-state index < -0.39 is 0 Å². The molecule has 1 aliphatic heterocycles. The third kappa shape index (κ3) is 2.76. The van der Waals surface area contributed by atoms with E-state index in [9.17, 15) is 4.79 Å². The molecule has 5 nitrogen and oxygen atoms in total. The Kier molecular flexibility index (Phi) is 3.46. The number of piperidine rings is 1. The van der Waals surface area contributed by atoms with Gasteiger partial charge in [0.15, 0.2) is 0 Å². The Hall–Kier alpha value is -1.49. The van der Waals surface area contributed by atoms with Crippen molar-refractivity contribution < 1.29 is 4.79 Å². The number of rotatable bonds is 2. The maximum atomic E-state index is 10.9. The molecule has 0 bridgehead atoms. The summed E-state index contributed by atoms with van der Waals surface area (Å²) in [4.78, 5) is 19.2. The highest BCUT2D eigenvalue weighted by molar-refractivity contribution is 5.87. The summed E-state index contributed by atoms with van der Waals surface area (Å²) in [5, 5.41) is 6.00. The van der Waals surface area contributed by atoms with Crippen molar-refractivity contribution in [2.75, 3.05) is 18.4 Å². The van der Waals surface area contributed by atoms with Crippen molar-refractivity contribution in [3.63, 3.8) is 0 Å². The van der Waals surface area contributed by atoms with Crippen molar-refractivity contribution in [1.29, 1.82) is 0 Å². The van der Waals surface area contributed by atoms with E-state index >= 15 is 0 Å². The molecule has 2 rings (SSSR count). The number of carbonyl (C=O) groups is 1. The van der Waals surface area contributed by atoms with E-state index in [-0.39, 0.29) is 5.91 Å². The molecule has 0 saturated carbocycles. The number of anilines is 1. The first kappa shape index (κ1) is 11.0. The van der Waals surface area contributed by atoms with E-state index in [1.807, 2.05) is 6.07 Å². The molecule has 2 N–H and O–H groups in total. The molecule has 1 saturated heterocycles. The van der Waals surface area contributed by atoms with Gasteiger partial charge in [-0.05, 0) is 25.9 Å². The van der Waals surface area contributed by atoms with Gasteiger partial charge in [-0.1, -0.05) is 0 Å². The van der Waals surface area contributed by atoms with Gasteiger partial charge in [-0.2, -0.15) is 0 Å². The third-order valence-electron chi connectivity index (χ3n) is 2.75. The normalized spacial score (nSPS) is 17.1. The van der Waals surface area contributed by atoms with Gasteiger partial charge in [0.25, 0.3) is 0 Å². The first-order valence-corrected chi connectivity index (χ1v) is 5.56. The lowest BCUT2D eigenvalue weighted by molar-refractivity contribution is -0.114. The topological polar surface area (TPSA) is 66.9 Å². The van der Waals surface area contributed by atoms with Crippen LogP contribution in [0.1, 0.15) is 31.4 Å². The smallest absolute Gasteiger partial charge is 0.222 e. The fraction of sp³-hybridized carbons (Fsp3) is 0.545. The molecule has 0 unspecified atom stereocenters. The molecule has 0 radical (unpaired) electrons. The molecular weight excluding hydrogens is 204 g/mol. The molecule has 5 heteroatoms. The van der Waals surface area contributed by atoms with Crippen LogP contribution in [0.25, 0.3) is 0 Å². The zero-order valence-electron chi connectivity index (χ0n) is 9.36. The second-order valence-corrected chi connectivity index (χ2v) is 4.03. The second kappa shape index (κ2) is 5.03. The van der Waals surface area contributed by atoms with Gasteiger partial charge in [0.2, 0.25) is 5.91 Å². The zero-order chi connectivity index (χ0) is 11.4. The Morgan fingerprint density at radius 1 is 1.44 bits per heavy atom. The summed E-state index contributed by atoms with van der Waals surface area (Å²) in [7, 11) is 0. The largest absolute Gasteiger partial charge is 0.317 e. The van der Waals surface area contributed by atoms with Gasteiger partial charge in [-0.25, -0.2) is 9.97 Å². The lowest BCUT2D eigenvalue weighted by Gasteiger charge is -2.22. The minimum absolute atomic E-state index is 0.102. The fourth-order valence-electron chi connectivity index (χ4n) is 1.96. The number of nitrogens with one attached hydrogen (secondary N) is 2. The molecule has 2 heterocycles. The number of hydrogen-bond donors (Lipinski definition) is 2. The van der Waals surface area contributed by atoms with Crippen LogP contribution < -0.4 is 10.6 Å². The number of nitrogens with zero attached hydrogens (tertiary/aromatic N) is 2. The summed E-state index contributed by atoms with van der Waals surface area (Å²) in [6, 6.07) is 1.87. The Morgan fingerprint density at radius 3 is 2.88 bits per heavy atom. The lowest BCUT2D eigenvalue weighted by Crippen LogP contribution is -2.27. The highest BCUT2D eigenvalue weighted by Gasteiger charge is 2.16. The van der Waals surface area contributed by atoms with E-state index in [0.29, 0.717) is 11.7 Å². The molecule has 0 aliphatic carbocycles. The summed E-state index contributed by atoms with van der Waals surface area (Å²) < 4.78 is 0. The summed E-state index contributed by atoms with van der Waals surface area (Å²) in [6.07, 6.45) is 3.70. The fourth-order valence-corrected chi connectivity index (χ4v) is 1.96. The lowest BCUT2D eigenvalue weighted by atomic mass is 9.94. The Labute approximate surface area is 94.7 Å². The summed E-state index contributed by atoms with van der Waals surface area (Å²) in [6.45, 7) is 3.54. The molecule has 1 aliphatic rings. The van der Waals surface area contributed by atoms with Crippen LogP contribution in [-0.2, 0) is 4.79 Å². The predicted molar refractivity (Wildman–Crippen MR) is 61.2 cm³/mol. The molecule has 1 amide bonds. The maximum absolute atomic E-state index is 10.9. The summed E-state index contributed by atoms with van der Waals surface area (Å²) in [5.74, 6) is 0.975. The molecule has 0 aromatic carbocycles. The van der Waals surface area contributed by atoms with E-state index in [2.05, 4.69) is 20.6 Å². The quantitative estimate of drug-likeness (QED) is 0.777. The molecule has 1 fully saturated rings. The Morgan fingerprint density at radius 2 is 2.19 bits per heavy atom. The maximum Gasteiger partial charge on any atom is 0.222 e. The number of carbonyl (C=O) groups excluding carboxylic acids is 1. The average Bonchev–Trinajstić information content (AvgIpc) is 2.30. The van der Waals surface area contributed by atoms with Crippen LogP contribution in [0.4, 0.5) is 5.82 Å². The van der Waals surface area contributed by atoms with E-state index in [1.165, 1.54) is 13.3 Å². The van der Waals surface area contributed by atoms with Crippen LogP contribution in [-0.4, -0.2) is 29.0 Å². The molecule has 0 spiro atoms. The zero-order valence-corrected chi connectivity index (χ0v) is 9.36. The minimum Gasteiger partial charge on any atom is -0.317 e. The highest BCUT2D eigenvalue weighted by Crippen LogP contribution is 2.24. The van der Waals surface area contributed by atoms with Gasteiger partial charge in [0.05, 0.1) is 0 Å². The van der Waals surface area contributed by atoms with Crippen molar-refractivity contribution in [3.05, 3.63) is 18.1 Å². The van der Waals surface area contributed by atoms with Gasteiger partial charge < -0.3 is 10.6 Å². The first-order chi connectivity index (χ1) is 7.75. The molecular formula is C11H16N4O. The Bertz CT molecular complexity index is 374. The number of hydrogen-bond acceptors (Lipinski definition) is 4. The third-order valence-corrected chi connectivity index (χ3v) is 2.75. The molecule has 1 aromatic heterocycles. The molecule has 0 atom stereocenters. The van der Waals surface area contributed by atoms with Gasteiger partial charge in [0.1, 0.15) is 12.1 Å². The number of amides is 1. The van der Waals surface area contributed by atoms with Gasteiger partial charge >= 0.3 is 0 Å². The van der Waals surface area contributed by atoms with Gasteiger partial charge in [0, 0.05) is 24.6 Å². The minimum atomic E-state index is -0.102. The summed E-state index contributed by atoms with van der Waals surface area (Å²) >= 11 is 0. The van der Waals surface area contributed by atoms with E-state index in [1.54, 1.807) is 0 Å². The monoisotopic (exact) mass is 220 g/mol. The molecule has 86 valence electrons. The summed E-state index contributed by atoms with van der Waals surface area (Å²) in [5.41, 5.74) is 1.03. The first-order valence-electron chi connectivity index (χ1n) is 5.56. The van der Waals surface area contributed by atoms with Crippen LogP contribution in [0, 0.1) is 0 Å². The average molecular weight is 220 g/mol. The SMILES string of the molecule is CC(=O)Nc1cc(C2CCNCC2)ncn1.